The van der Waals surface area contributed by atoms with Crippen LogP contribution in [-0.2, 0) is 19.5 Å². The summed E-state index contributed by atoms with van der Waals surface area (Å²) < 4.78 is 1.74. The van der Waals surface area contributed by atoms with Crippen molar-refractivity contribution in [2.45, 2.75) is 33.4 Å². The zero-order valence-corrected chi connectivity index (χ0v) is 10.7. The maximum absolute atomic E-state index is 12.1. The third-order valence-corrected chi connectivity index (χ3v) is 2.84. The molecule has 0 unspecified atom stereocenters. The SMILES string of the molecule is CCc1cc(C(=O)NCc2cc[nH]c2)n(CC)n1. The van der Waals surface area contributed by atoms with Crippen LogP contribution in [0.25, 0.3) is 0 Å². The van der Waals surface area contributed by atoms with E-state index >= 15 is 0 Å². The normalized spacial score (nSPS) is 10.6. The Morgan fingerprint density at radius 1 is 1.50 bits per heavy atom. The molecule has 0 aliphatic carbocycles. The number of carbonyl (C=O) groups is 1. The standard InChI is InChI=1S/C13H18N4O/c1-3-11-7-12(17(4-2)16-11)13(18)15-9-10-5-6-14-8-10/h5-8,14H,3-4,9H2,1-2H3,(H,15,18). The van der Waals surface area contributed by atoms with Gasteiger partial charge in [-0.2, -0.15) is 5.10 Å². The fourth-order valence-corrected chi connectivity index (χ4v) is 1.81. The number of nitrogens with zero attached hydrogens (tertiary/aromatic N) is 2. The summed E-state index contributed by atoms with van der Waals surface area (Å²) in [5.41, 5.74) is 2.63. The van der Waals surface area contributed by atoms with E-state index in [-0.39, 0.29) is 5.91 Å². The topological polar surface area (TPSA) is 62.7 Å². The lowest BCUT2D eigenvalue weighted by molar-refractivity contribution is 0.0940. The lowest BCUT2D eigenvalue weighted by Crippen LogP contribution is -2.25. The van der Waals surface area contributed by atoms with Gasteiger partial charge in [0, 0.05) is 25.5 Å². The average Bonchev–Trinajstić information content (AvgIpc) is 3.04. The highest BCUT2D eigenvalue weighted by Gasteiger charge is 2.13. The van der Waals surface area contributed by atoms with Gasteiger partial charge in [-0.15, -0.1) is 0 Å². The zero-order chi connectivity index (χ0) is 13.0. The van der Waals surface area contributed by atoms with E-state index in [0.29, 0.717) is 18.8 Å². The van der Waals surface area contributed by atoms with Crippen LogP contribution in [0.2, 0.25) is 0 Å². The van der Waals surface area contributed by atoms with Gasteiger partial charge in [-0.3, -0.25) is 9.48 Å². The molecule has 5 heteroatoms. The number of aryl methyl sites for hydroxylation is 2. The molecule has 2 heterocycles. The first-order chi connectivity index (χ1) is 8.74. The summed E-state index contributed by atoms with van der Waals surface area (Å²) in [7, 11) is 0. The van der Waals surface area contributed by atoms with Crippen molar-refractivity contribution in [2.75, 3.05) is 0 Å². The van der Waals surface area contributed by atoms with Crippen LogP contribution in [0.5, 0.6) is 0 Å². The molecule has 0 spiro atoms. The minimum absolute atomic E-state index is 0.0785. The highest BCUT2D eigenvalue weighted by Crippen LogP contribution is 2.06. The molecule has 0 atom stereocenters. The monoisotopic (exact) mass is 246 g/mol. The van der Waals surface area contributed by atoms with Crippen molar-refractivity contribution in [1.29, 1.82) is 0 Å². The van der Waals surface area contributed by atoms with Gasteiger partial charge in [0.1, 0.15) is 5.69 Å². The second-order valence-corrected chi connectivity index (χ2v) is 4.09. The Labute approximate surface area is 106 Å². The summed E-state index contributed by atoms with van der Waals surface area (Å²) in [6.07, 6.45) is 4.55. The number of amides is 1. The van der Waals surface area contributed by atoms with Crippen LogP contribution in [0.1, 0.15) is 35.6 Å². The molecule has 0 saturated carbocycles. The maximum Gasteiger partial charge on any atom is 0.269 e. The van der Waals surface area contributed by atoms with Crippen LogP contribution in [0.15, 0.2) is 24.5 Å². The first-order valence-electron chi connectivity index (χ1n) is 6.21. The van der Waals surface area contributed by atoms with Gasteiger partial charge in [0.15, 0.2) is 0 Å². The summed E-state index contributed by atoms with van der Waals surface area (Å²) in [4.78, 5) is 15.0. The van der Waals surface area contributed by atoms with Crippen molar-refractivity contribution in [3.63, 3.8) is 0 Å². The second kappa shape index (κ2) is 5.53. The van der Waals surface area contributed by atoms with Gasteiger partial charge in [0.05, 0.1) is 5.69 Å². The summed E-state index contributed by atoms with van der Waals surface area (Å²) in [6.45, 7) is 5.24. The number of aromatic amines is 1. The van der Waals surface area contributed by atoms with Gasteiger partial charge >= 0.3 is 0 Å². The Morgan fingerprint density at radius 3 is 2.94 bits per heavy atom. The van der Waals surface area contributed by atoms with E-state index in [1.54, 1.807) is 4.68 Å². The summed E-state index contributed by atoms with van der Waals surface area (Å²) in [5, 5.41) is 7.26. The number of nitrogens with one attached hydrogen (secondary N) is 2. The van der Waals surface area contributed by atoms with Crippen LogP contribution in [0.3, 0.4) is 0 Å². The van der Waals surface area contributed by atoms with Crippen molar-refractivity contribution in [3.05, 3.63) is 41.5 Å². The molecule has 2 rings (SSSR count). The Balaban J connectivity index is 2.06. The van der Waals surface area contributed by atoms with Crippen LogP contribution in [-0.4, -0.2) is 20.7 Å². The molecular formula is C13H18N4O. The third kappa shape index (κ3) is 2.61. The molecule has 96 valence electrons. The number of rotatable bonds is 5. The molecule has 0 bridgehead atoms. The lowest BCUT2D eigenvalue weighted by Gasteiger charge is -2.05. The molecule has 0 saturated heterocycles. The van der Waals surface area contributed by atoms with Gasteiger partial charge in [0.25, 0.3) is 5.91 Å². The predicted molar refractivity (Wildman–Crippen MR) is 69.2 cm³/mol. The average molecular weight is 246 g/mol. The minimum Gasteiger partial charge on any atom is -0.367 e. The fourth-order valence-electron chi connectivity index (χ4n) is 1.81. The number of hydrogen-bond acceptors (Lipinski definition) is 2. The van der Waals surface area contributed by atoms with E-state index in [9.17, 15) is 4.79 Å². The Hall–Kier alpha value is -2.04. The molecule has 1 amide bonds. The van der Waals surface area contributed by atoms with Crippen molar-refractivity contribution >= 4 is 5.91 Å². The molecule has 0 aliphatic rings. The molecule has 0 aromatic carbocycles. The Kier molecular flexibility index (Phi) is 3.82. The second-order valence-electron chi connectivity index (χ2n) is 4.09. The Bertz CT molecular complexity index is 513. The quantitative estimate of drug-likeness (QED) is 0.843. The largest absolute Gasteiger partial charge is 0.367 e. The number of aromatic nitrogens is 3. The third-order valence-electron chi connectivity index (χ3n) is 2.84. The van der Waals surface area contributed by atoms with Crippen LogP contribution in [0.4, 0.5) is 0 Å². The first kappa shape index (κ1) is 12.4. The van der Waals surface area contributed by atoms with Gasteiger partial charge in [-0.25, -0.2) is 0 Å². The molecule has 2 N–H and O–H groups in total. The molecular weight excluding hydrogens is 228 g/mol. The minimum atomic E-state index is -0.0785. The van der Waals surface area contributed by atoms with E-state index in [2.05, 4.69) is 15.4 Å². The van der Waals surface area contributed by atoms with E-state index < -0.39 is 0 Å². The van der Waals surface area contributed by atoms with Crippen molar-refractivity contribution in [1.82, 2.24) is 20.1 Å². The van der Waals surface area contributed by atoms with Gasteiger partial charge in [-0.1, -0.05) is 6.92 Å². The molecule has 2 aromatic heterocycles. The van der Waals surface area contributed by atoms with E-state index in [1.807, 2.05) is 38.4 Å². The van der Waals surface area contributed by atoms with E-state index in [1.165, 1.54) is 0 Å². The highest BCUT2D eigenvalue weighted by molar-refractivity contribution is 5.92. The van der Waals surface area contributed by atoms with Crippen LogP contribution < -0.4 is 5.32 Å². The van der Waals surface area contributed by atoms with Crippen molar-refractivity contribution in [3.8, 4) is 0 Å². The van der Waals surface area contributed by atoms with Crippen molar-refractivity contribution in [2.24, 2.45) is 0 Å². The first-order valence-corrected chi connectivity index (χ1v) is 6.21. The lowest BCUT2D eigenvalue weighted by atomic mass is 10.3. The molecule has 18 heavy (non-hydrogen) atoms. The van der Waals surface area contributed by atoms with E-state index in [0.717, 1.165) is 17.7 Å². The fraction of sp³-hybridized carbons (Fsp3) is 0.385. The molecule has 5 nitrogen and oxygen atoms in total. The van der Waals surface area contributed by atoms with Gasteiger partial charge in [-0.05, 0) is 31.0 Å². The molecule has 0 aliphatic heterocycles. The van der Waals surface area contributed by atoms with Crippen molar-refractivity contribution < 1.29 is 4.79 Å². The number of hydrogen-bond donors (Lipinski definition) is 2. The molecule has 0 fully saturated rings. The maximum atomic E-state index is 12.1. The Morgan fingerprint density at radius 2 is 2.33 bits per heavy atom. The van der Waals surface area contributed by atoms with E-state index in [4.69, 9.17) is 0 Å². The predicted octanol–water partition coefficient (Wildman–Crippen LogP) is 1.72. The molecule has 2 aromatic rings. The molecule has 0 radical (unpaired) electrons. The number of H-pyrrole nitrogens is 1. The number of carbonyl (C=O) groups excluding carboxylic acids is 1. The van der Waals surface area contributed by atoms with Gasteiger partial charge in [0.2, 0.25) is 0 Å². The van der Waals surface area contributed by atoms with Crippen LogP contribution in [0, 0.1) is 0 Å². The summed E-state index contributed by atoms with van der Waals surface area (Å²) >= 11 is 0. The van der Waals surface area contributed by atoms with Gasteiger partial charge < -0.3 is 10.3 Å². The highest BCUT2D eigenvalue weighted by atomic mass is 16.2. The summed E-state index contributed by atoms with van der Waals surface area (Å²) in [6, 6.07) is 3.80. The smallest absolute Gasteiger partial charge is 0.269 e. The summed E-state index contributed by atoms with van der Waals surface area (Å²) in [5.74, 6) is -0.0785. The zero-order valence-electron chi connectivity index (χ0n) is 10.7. The van der Waals surface area contributed by atoms with Crippen LogP contribution >= 0.6 is 0 Å².